The summed E-state index contributed by atoms with van der Waals surface area (Å²) in [6, 6.07) is 16.5. The van der Waals surface area contributed by atoms with Gasteiger partial charge in [0.05, 0.1) is 11.7 Å². The zero-order valence-corrected chi connectivity index (χ0v) is 13.0. The summed E-state index contributed by atoms with van der Waals surface area (Å²) in [6.07, 6.45) is 3.48. The molecule has 0 aliphatic carbocycles. The Morgan fingerprint density at radius 3 is 2.71 bits per heavy atom. The van der Waals surface area contributed by atoms with E-state index in [1.165, 1.54) is 6.33 Å². The van der Waals surface area contributed by atoms with Gasteiger partial charge in [0, 0.05) is 12.2 Å². The summed E-state index contributed by atoms with van der Waals surface area (Å²) in [6.45, 7) is -0.00115. The molecule has 1 amide bonds. The van der Waals surface area contributed by atoms with Crippen LogP contribution in [0.1, 0.15) is 28.4 Å². The Morgan fingerprint density at radius 1 is 1.17 bits per heavy atom. The van der Waals surface area contributed by atoms with Crippen molar-refractivity contribution in [2.45, 2.75) is 12.5 Å². The number of hydrogen-bond acceptors (Lipinski definition) is 4. The molecule has 0 aliphatic rings. The topological polar surface area (TPSA) is 80.0 Å². The van der Waals surface area contributed by atoms with E-state index in [2.05, 4.69) is 15.4 Å². The van der Waals surface area contributed by atoms with Crippen molar-refractivity contribution in [2.24, 2.45) is 0 Å². The highest BCUT2D eigenvalue weighted by Crippen LogP contribution is 2.17. The molecule has 0 aliphatic heterocycles. The molecule has 2 N–H and O–H groups in total. The van der Waals surface area contributed by atoms with Crippen LogP contribution in [0, 0.1) is 0 Å². The van der Waals surface area contributed by atoms with E-state index in [-0.39, 0.29) is 18.6 Å². The third kappa shape index (κ3) is 3.67. The molecule has 1 unspecified atom stereocenters. The third-order valence-corrected chi connectivity index (χ3v) is 3.72. The lowest BCUT2D eigenvalue weighted by atomic mass is 10.0. The van der Waals surface area contributed by atoms with E-state index in [9.17, 15) is 9.90 Å². The second-order valence-corrected chi connectivity index (χ2v) is 5.34. The number of benzene rings is 2. The Balaban J connectivity index is 1.79. The minimum absolute atomic E-state index is 0.00115. The maximum absolute atomic E-state index is 12.6. The molecule has 0 saturated heterocycles. The molecule has 2 aromatic carbocycles. The molecule has 3 aromatic rings. The molecule has 0 saturated carbocycles. The maximum Gasteiger partial charge on any atom is 0.251 e. The Morgan fingerprint density at radius 2 is 2.00 bits per heavy atom. The van der Waals surface area contributed by atoms with Crippen molar-refractivity contribution >= 4 is 5.91 Å². The first kappa shape index (κ1) is 15.9. The van der Waals surface area contributed by atoms with Crippen molar-refractivity contribution in [1.82, 2.24) is 20.1 Å². The van der Waals surface area contributed by atoms with Gasteiger partial charge >= 0.3 is 0 Å². The summed E-state index contributed by atoms with van der Waals surface area (Å²) in [5.74, 6) is -0.195. The van der Waals surface area contributed by atoms with Gasteiger partial charge in [-0.3, -0.25) is 4.79 Å². The molecule has 0 bridgehead atoms. The number of carbonyl (C=O) groups excluding carboxylic acids is 1. The SMILES string of the molecule is O=C(NC(CCO)c1ccccc1)c1cccc(-n2cncn2)c1. The molecule has 1 heterocycles. The van der Waals surface area contributed by atoms with Crippen LogP contribution in [0.5, 0.6) is 0 Å². The van der Waals surface area contributed by atoms with Crippen LogP contribution in [0.25, 0.3) is 5.69 Å². The van der Waals surface area contributed by atoms with Crippen molar-refractivity contribution in [3.8, 4) is 5.69 Å². The number of nitrogens with one attached hydrogen (secondary N) is 1. The van der Waals surface area contributed by atoms with Gasteiger partial charge in [0.2, 0.25) is 0 Å². The van der Waals surface area contributed by atoms with E-state index in [1.807, 2.05) is 36.4 Å². The maximum atomic E-state index is 12.6. The van der Waals surface area contributed by atoms with Gasteiger partial charge in [-0.2, -0.15) is 5.10 Å². The summed E-state index contributed by atoms with van der Waals surface area (Å²) in [4.78, 5) is 16.5. The standard InChI is InChI=1S/C18H18N4O2/c23-10-9-17(14-5-2-1-3-6-14)21-18(24)15-7-4-8-16(11-15)22-13-19-12-20-22/h1-8,11-13,17,23H,9-10H2,(H,21,24). The summed E-state index contributed by atoms with van der Waals surface area (Å²) in [7, 11) is 0. The number of aliphatic hydroxyl groups is 1. The van der Waals surface area contributed by atoms with Gasteiger partial charge in [-0.1, -0.05) is 36.4 Å². The molecule has 6 heteroatoms. The molecular weight excluding hydrogens is 304 g/mol. The van der Waals surface area contributed by atoms with Crippen LogP contribution < -0.4 is 5.32 Å². The Labute approximate surface area is 139 Å². The number of hydrogen-bond donors (Lipinski definition) is 2. The predicted molar refractivity (Wildman–Crippen MR) is 89.7 cm³/mol. The first-order valence-corrected chi connectivity index (χ1v) is 7.69. The molecule has 1 aromatic heterocycles. The lowest BCUT2D eigenvalue weighted by Gasteiger charge is -2.18. The highest BCUT2D eigenvalue weighted by molar-refractivity contribution is 5.95. The second-order valence-electron chi connectivity index (χ2n) is 5.34. The van der Waals surface area contributed by atoms with Gasteiger partial charge in [0.15, 0.2) is 0 Å². The Kier molecular flexibility index (Phi) is 4.98. The summed E-state index contributed by atoms with van der Waals surface area (Å²) < 4.78 is 1.60. The number of carbonyl (C=O) groups is 1. The van der Waals surface area contributed by atoms with E-state index < -0.39 is 0 Å². The molecule has 3 rings (SSSR count). The fourth-order valence-electron chi connectivity index (χ4n) is 2.51. The van der Waals surface area contributed by atoms with Gasteiger partial charge < -0.3 is 10.4 Å². The summed E-state index contributed by atoms with van der Waals surface area (Å²) in [5.41, 5.74) is 2.26. The van der Waals surface area contributed by atoms with Gasteiger partial charge in [0.25, 0.3) is 5.91 Å². The number of nitrogens with zero attached hydrogens (tertiary/aromatic N) is 3. The highest BCUT2D eigenvalue weighted by Gasteiger charge is 2.15. The lowest BCUT2D eigenvalue weighted by molar-refractivity contribution is 0.0930. The highest BCUT2D eigenvalue weighted by atomic mass is 16.3. The molecule has 0 spiro atoms. The first-order valence-electron chi connectivity index (χ1n) is 7.69. The number of aliphatic hydroxyl groups excluding tert-OH is 1. The molecule has 1 atom stereocenters. The first-order chi connectivity index (χ1) is 11.8. The zero-order chi connectivity index (χ0) is 16.8. The molecule has 24 heavy (non-hydrogen) atoms. The molecule has 0 fully saturated rings. The average Bonchev–Trinajstić information content (AvgIpc) is 3.17. The van der Waals surface area contributed by atoms with Crippen molar-refractivity contribution in [2.75, 3.05) is 6.61 Å². The number of rotatable bonds is 6. The fraction of sp³-hybridized carbons (Fsp3) is 0.167. The minimum atomic E-state index is -0.237. The average molecular weight is 322 g/mol. The van der Waals surface area contributed by atoms with E-state index in [4.69, 9.17) is 0 Å². The summed E-state index contributed by atoms with van der Waals surface area (Å²) >= 11 is 0. The monoisotopic (exact) mass is 322 g/mol. The van der Waals surface area contributed by atoms with Crippen molar-refractivity contribution in [3.63, 3.8) is 0 Å². The van der Waals surface area contributed by atoms with Crippen LogP contribution in [0.4, 0.5) is 0 Å². The van der Waals surface area contributed by atoms with Crippen molar-refractivity contribution < 1.29 is 9.90 Å². The van der Waals surface area contributed by atoms with Crippen LogP contribution in [-0.4, -0.2) is 32.4 Å². The van der Waals surface area contributed by atoms with Gasteiger partial charge in [0.1, 0.15) is 12.7 Å². The number of aromatic nitrogens is 3. The molecule has 122 valence electrons. The second kappa shape index (κ2) is 7.52. The lowest BCUT2D eigenvalue weighted by Crippen LogP contribution is -2.29. The summed E-state index contributed by atoms with van der Waals surface area (Å²) in [5, 5.41) is 16.3. The van der Waals surface area contributed by atoms with E-state index in [1.54, 1.807) is 29.2 Å². The Hall–Kier alpha value is -2.99. The quantitative estimate of drug-likeness (QED) is 0.728. The van der Waals surface area contributed by atoms with Gasteiger partial charge in [-0.15, -0.1) is 0 Å². The van der Waals surface area contributed by atoms with E-state index in [0.29, 0.717) is 12.0 Å². The molecule has 6 nitrogen and oxygen atoms in total. The Bertz CT molecular complexity index is 788. The fourth-order valence-corrected chi connectivity index (χ4v) is 2.51. The van der Waals surface area contributed by atoms with Gasteiger partial charge in [-0.05, 0) is 30.2 Å². The minimum Gasteiger partial charge on any atom is -0.396 e. The zero-order valence-electron chi connectivity index (χ0n) is 13.0. The van der Waals surface area contributed by atoms with E-state index in [0.717, 1.165) is 11.3 Å². The van der Waals surface area contributed by atoms with Crippen LogP contribution >= 0.6 is 0 Å². The smallest absolute Gasteiger partial charge is 0.251 e. The van der Waals surface area contributed by atoms with Crippen LogP contribution in [0.2, 0.25) is 0 Å². The largest absolute Gasteiger partial charge is 0.396 e. The molecule has 0 radical (unpaired) electrons. The van der Waals surface area contributed by atoms with Crippen LogP contribution in [0.15, 0.2) is 67.3 Å². The predicted octanol–water partition coefficient (Wildman–Crippen LogP) is 2.12. The normalized spacial score (nSPS) is 11.9. The van der Waals surface area contributed by atoms with E-state index >= 15 is 0 Å². The number of amides is 1. The third-order valence-electron chi connectivity index (χ3n) is 3.72. The van der Waals surface area contributed by atoms with Crippen LogP contribution in [-0.2, 0) is 0 Å². The van der Waals surface area contributed by atoms with Crippen LogP contribution in [0.3, 0.4) is 0 Å². The van der Waals surface area contributed by atoms with Crippen molar-refractivity contribution in [1.29, 1.82) is 0 Å². The van der Waals surface area contributed by atoms with Gasteiger partial charge in [-0.25, -0.2) is 9.67 Å². The molecular formula is C18H18N4O2. The van der Waals surface area contributed by atoms with Crippen molar-refractivity contribution in [3.05, 3.63) is 78.4 Å².